The van der Waals surface area contributed by atoms with E-state index in [1.807, 2.05) is 36.4 Å². The number of furan rings is 1. The van der Waals surface area contributed by atoms with Crippen LogP contribution in [0.25, 0.3) is 11.0 Å². The van der Waals surface area contributed by atoms with Crippen molar-refractivity contribution in [1.82, 2.24) is 0 Å². The number of hydrogen-bond acceptors (Lipinski definition) is 3. The molecule has 3 aromatic rings. The summed E-state index contributed by atoms with van der Waals surface area (Å²) in [7, 11) is 0. The molecule has 120 valence electrons. The summed E-state index contributed by atoms with van der Waals surface area (Å²) in [5.74, 6) is 0.413. The maximum absolute atomic E-state index is 12.7. The van der Waals surface area contributed by atoms with Gasteiger partial charge in [0, 0.05) is 35.3 Å². The highest BCUT2D eigenvalue weighted by atomic mass is 16.3. The van der Waals surface area contributed by atoms with Crippen molar-refractivity contribution >= 4 is 22.4 Å². The van der Waals surface area contributed by atoms with Gasteiger partial charge in [0.05, 0.1) is 0 Å². The van der Waals surface area contributed by atoms with Gasteiger partial charge in [-0.05, 0) is 43.4 Å². The molecular weight excluding hydrogens is 298 g/mol. The fraction of sp³-hybridized carbons (Fsp3) is 0.286. The zero-order valence-corrected chi connectivity index (χ0v) is 13.5. The van der Waals surface area contributed by atoms with Gasteiger partial charge in [-0.25, -0.2) is 0 Å². The SMILES string of the molecule is O=C(c1ccccc1)c1cc2cc3c4c(c2o1)CCCN4CCC3. The minimum Gasteiger partial charge on any atom is -0.452 e. The number of hydrogen-bond donors (Lipinski definition) is 0. The Balaban J connectivity index is 1.68. The Labute approximate surface area is 140 Å². The molecule has 0 saturated heterocycles. The molecule has 3 nitrogen and oxygen atoms in total. The second-order valence-corrected chi connectivity index (χ2v) is 6.78. The van der Waals surface area contributed by atoms with Gasteiger partial charge < -0.3 is 9.32 Å². The van der Waals surface area contributed by atoms with E-state index in [9.17, 15) is 4.79 Å². The summed E-state index contributed by atoms with van der Waals surface area (Å²) in [6.07, 6.45) is 4.55. The van der Waals surface area contributed by atoms with E-state index in [1.54, 1.807) is 0 Å². The number of fused-ring (bicyclic) bond motifs is 2. The molecule has 0 atom stereocenters. The molecule has 0 bridgehead atoms. The molecule has 2 aliphatic rings. The van der Waals surface area contributed by atoms with Crippen LogP contribution in [0.3, 0.4) is 0 Å². The molecule has 0 spiro atoms. The Morgan fingerprint density at radius 3 is 2.62 bits per heavy atom. The third-order valence-electron chi connectivity index (χ3n) is 5.26. The van der Waals surface area contributed by atoms with Crippen LogP contribution in [0, 0.1) is 0 Å². The minimum absolute atomic E-state index is 0.0374. The summed E-state index contributed by atoms with van der Waals surface area (Å²) in [6, 6.07) is 13.5. The van der Waals surface area contributed by atoms with Crippen molar-refractivity contribution in [2.75, 3.05) is 18.0 Å². The van der Waals surface area contributed by atoms with Crippen molar-refractivity contribution in [3.8, 4) is 0 Å². The van der Waals surface area contributed by atoms with Gasteiger partial charge in [-0.1, -0.05) is 30.3 Å². The first-order valence-corrected chi connectivity index (χ1v) is 8.74. The largest absolute Gasteiger partial charge is 0.452 e. The van der Waals surface area contributed by atoms with E-state index >= 15 is 0 Å². The number of carbonyl (C=O) groups excluding carboxylic acids is 1. The van der Waals surface area contributed by atoms with Crippen LogP contribution >= 0.6 is 0 Å². The monoisotopic (exact) mass is 317 g/mol. The van der Waals surface area contributed by atoms with Crippen LogP contribution < -0.4 is 4.90 Å². The Kier molecular flexibility index (Phi) is 3.02. The summed E-state index contributed by atoms with van der Waals surface area (Å²) >= 11 is 0. The number of rotatable bonds is 2. The van der Waals surface area contributed by atoms with E-state index in [-0.39, 0.29) is 5.78 Å². The zero-order chi connectivity index (χ0) is 16.1. The van der Waals surface area contributed by atoms with Crippen molar-refractivity contribution < 1.29 is 9.21 Å². The topological polar surface area (TPSA) is 33.5 Å². The Hall–Kier alpha value is -2.55. The number of benzene rings is 2. The molecule has 1 aromatic heterocycles. The highest BCUT2D eigenvalue weighted by Crippen LogP contribution is 2.41. The fourth-order valence-corrected chi connectivity index (χ4v) is 4.21. The normalized spacial score (nSPS) is 16.2. The van der Waals surface area contributed by atoms with Gasteiger partial charge in [0.2, 0.25) is 5.78 Å². The summed E-state index contributed by atoms with van der Waals surface area (Å²) in [5.41, 5.74) is 5.70. The quantitative estimate of drug-likeness (QED) is 0.658. The van der Waals surface area contributed by atoms with Crippen molar-refractivity contribution in [2.45, 2.75) is 25.7 Å². The van der Waals surface area contributed by atoms with Crippen LogP contribution in [0.1, 0.15) is 40.1 Å². The highest BCUT2D eigenvalue weighted by Gasteiger charge is 2.28. The second kappa shape index (κ2) is 5.23. The maximum atomic E-state index is 12.7. The second-order valence-electron chi connectivity index (χ2n) is 6.78. The molecule has 0 saturated carbocycles. The van der Waals surface area contributed by atoms with Gasteiger partial charge in [0.1, 0.15) is 5.58 Å². The lowest BCUT2D eigenvalue weighted by Gasteiger charge is -2.36. The van der Waals surface area contributed by atoms with Gasteiger partial charge in [-0.2, -0.15) is 0 Å². The Morgan fingerprint density at radius 2 is 1.79 bits per heavy atom. The molecule has 0 aliphatic carbocycles. The van der Waals surface area contributed by atoms with E-state index in [1.165, 1.54) is 23.2 Å². The van der Waals surface area contributed by atoms with E-state index in [0.717, 1.165) is 43.3 Å². The molecule has 0 N–H and O–H groups in total. The minimum atomic E-state index is -0.0374. The first-order valence-electron chi connectivity index (χ1n) is 8.74. The predicted molar refractivity (Wildman–Crippen MR) is 94.9 cm³/mol. The van der Waals surface area contributed by atoms with Gasteiger partial charge in [-0.3, -0.25) is 4.79 Å². The van der Waals surface area contributed by atoms with Crippen LogP contribution in [-0.4, -0.2) is 18.9 Å². The van der Waals surface area contributed by atoms with E-state index < -0.39 is 0 Å². The summed E-state index contributed by atoms with van der Waals surface area (Å²) in [5, 5.41) is 1.08. The highest BCUT2D eigenvalue weighted by molar-refractivity contribution is 6.09. The third kappa shape index (κ3) is 2.01. The standard InChI is InChI=1S/C21H19NO2/c23-20(14-6-2-1-3-7-14)18-13-16-12-15-8-4-10-22-11-5-9-17(19(15)22)21(16)24-18/h1-3,6-7,12-13H,4-5,8-11H2. The molecular formula is C21H19NO2. The smallest absolute Gasteiger partial charge is 0.228 e. The van der Waals surface area contributed by atoms with Crippen LogP contribution in [0.2, 0.25) is 0 Å². The molecule has 3 heteroatoms. The number of anilines is 1. The lowest BCUT2D eigenvalue weighted by molar-refractivity contribution is 0.101. The van der Waals surface area contributed by atoms with E-state index in [2.05, 4.69) is 11.0 Å². The summed E-state index contributed by atoms with van der Waals surface area (Å²) < 4.78 is 6.08. The predicted octanol–water partition coefficient (Wildman–Crippen LogP) is 4.36. The molecule has 0 fully saturated rings. The zero-order valence-electron chi connectivity index (χ0n) is 13.5. The Morgan fingerprint density at radius 1 is 1.00 bits per heavy atom. The van der Waals surface area contributed by atoms with E-state index in [4.69, 9.17) is 4.42 Å². The lowest BCUT2D eigenvalue weighted by atomic mass is 9.90. The summed E-state index contributed by atoms with van der Waals surface area (Å²) in [6.45, 7) is 2.28. The van der Waals surface area contributed by atoms with Gasteiger partial charge in [0.15, 0.2) is 5.76 Å². The van der Waals surface area contributed by atoms with Gasteiger partial charge >= 0.3 is 0 Å². The third-order valence-corrected chi connectivity index (χ3v) is 5.26. The summed E-state index contributed by atoms with van der Waals surface area (Å²) in [4.78, 5) is 15.2. The number of ketones is 1. The van der Waals surface area contributed by atoms with Crippen molar-refractivity contribution in [2.24, 2.45) is 0 Å². The number of carbonyl (C=O) groups is 1. The van der Waals surface area contributed by atoms with Crippen molar-refractivity contribution in [1.29, 1.82) is 0 Å². The van der Waals surface area contributed by atoms with Crippen LogP contribution in [0.15, 0.2) is 46.9 Å². The first-order chi connectivity index (χ1) is 11.8. The molecule has 0 amide bonds. The molecule has 0 unspecified atom stereocenters. The fourth-order valence-electron chi connectivity index (χ4n) is 4.21. The average Bonchev–Trinajstić information content (AvgIpc) is 3.06. The molecule has 24 heavy (non-hydrogen) atoms. The molecule has 5 rings (SSSR count). The van der Waals surface area contributed by atoms with Crippen LogP contribution in [-0.2, 0) is 12.8 Å². The maximum Gasteiger partial charge on any atom is 0.228 e. The van der Waals surface area contributed by atoms with Crippen LogP contribution in [0.4, 0.5) is 5.69 Å². The molecule has 2 aliphatic heterocycles. The van der Waals surface area contributed by atoms with Crippen molar-refractivity contribution in [3.05, 3.63) is 64.9 Å². The number of aryl methyl sites for hydroxylation is 2. The van der Waals surface area contributed by atoms with Gasteiger partial charge in [-0.15, -0.1) is 0 Å². The van der Waals surface area contributed by atoms with E-state index in [0.29, 0.717) is 11.3 Å². The molecule has 3 heterocycles. The van der Waals surface area contributed by atoms with Crippen molar-refractivity contribution in [3.63, 3.8) is 0 Å². The molecule has 0 radical (unpaired) electrons. The first kappa shape index (κ1) is 13.8. The van der Waals surface area contributed by atoms with Gasteiger partial charge in [0.25, 0.3) is 0 Å². The average molecular weight is 317 g/mol. The molecule has 2 aromatic carbocycles. The van der Waals surface area contributed by atoms with Crippen LogP contribution in [0.5, 0.6) is 0 Å². The Bertz CT molecular complexity index is 937. The lowest BCUT2D eigenvalue weighted by Crippen LogP contribution is -2.34. The number of nitrogens with zero attached hydrogens (tertiary/aromatic N) is 1.